The highest BCUT2D eigenvalue weighted by Gasteiger charge is 2.06. The van der Waals surface area contributed by atoms with Gasteiger partial charge in [0, 0.05) is 18.8 Å². The number of hydrogen-bond acceptors (Lipinski definition) is 0. The molecule has 0 aliphatic rings. The van der Waals surface area contributed by atoms with Crippen molar-refractivity contribution in [3.63, 3.8) is 0 Å². The monoisotopic (exact) mass is 161 g/mol. The molecule has 1 heteroatoms. The van der Waals surface area contributed by atoms with Crippen LogP contribution in [0.2, 0.25) is 0 Å². The van der Waals surface area contributed by atoms with E-state index < -0.39 is 0 Å². The summed E-state index contributed by atoms with van der Waals surface area (Å²) >= 11 is 0. The smallest absolute Gasteiger partial charge is 0.0503 e. The van der Waals surface area contributed by atoms with E-state index >= 15 is 0 Å². The van der Waals surface area contributed by atoms with E-state index in [0.29, 0.717) is 0 Å². The predicted octanol–water partition coefficient (Wildman–Crippen LogP) is 3.09. The maximum atomic E-state index is 3.94. The van der Waals surface area contributed by atoms with Crippen LogP contribution in [-0.4, -0.2) is 4.57 Å². The lowest BCUT2D eigenvalue weighted by atomic mass is 10.1. The van der Waals surface area contributed by atoms with Crippen LogP contribution in [0.4, 0.5) is 0 Å². The Morgan fingerprint density at radius 3 is 2.17 bits per heavy atom. The quantitative estimate of drug-likeness (QED) is 0.628. The third-order valence-corrected chi connectivity index (χ3v) is 1.94. The average Bonchev–Trinajstić information content (AvgIpc) is 2.30. The largest absolute Gasteiger partial charge is 0.350 e. The van der Waals surface area contributed by atoms with Gasteiger partial charge in [-0.3, -0.25) is 0 Å². The average molecular weight is 161 g/mol. The molecule has 0 saturated heterocycles. The number of nitrogens with zero attached hydrogens (tertiary/aromatic N) is 1. The van der Waals surface area contributed by atoms with Gasteiger partial charge >= 0.3 is 0 Å². The fraction of sp³-hybridized carbons (Fsp3) is 0.273. The van der Waals surface area contributed by atoms with Gasteiger partial charge in [-0.15, -0.1) is 0 Å². The molecular weight excluding hydrogens is 146 g/mol. The van der Waals surface area contributed by atoms with Crippen LogP contribution >= 0.6 is 0 Å². The lowest BCUT2D eigenvalue weighted by Crippen LogP contribution is -1.93. The molecule has 64 valence electrons. The number of hydrogen-bond donors (Lipinski definition) is 0. The van der Waals surface area contributed by atoms with E-state index in [0.717, 1.165) is 11.1 Å². The van der Waals surface area contributed by atoms with Gasteiger partial charge in [-0.05, 0) is 31.1 Å². The lowest BCUT2D eigenvalue weighted by Gasteiger charge is -2.06. The minimum absolute atomic E-state index is 1.08. The summed E-state index contributed by atoms with van der Waals surface area (Å²) < 4.78 is 2.08. The van der Waals surface area contributed by atoms with Crippen LogP contribution in [0.5, 0.6) is 0 Å². The van der Waals surface area contributed by atoms with E-state index in [2.05, 4.69) is 23.8 Å². The normalized spacial score (nSPS) is 9.92. The van der Waals surface area contributed by atoms with Crippen molar-refractivity contribution in [2.24, 2.45) is 7.05 Å². The summed E-state index contributed by atoms with van der Waals surface area (Å²) in [7, 11) is 2.02. The summed E-state index contributed by atoms with van der Waals surface area (Å²) in [5.74, 6) is 0. The summed E-state index contributed by atoms with van der Waals surface area (Å²) in [6.45, 7) is 11.9. The van der Waals surface area contributed by atoms with Gasteiger partial charge in [-0.25, -0.2) is 0 Å². The third-order valence-electron chi connectivity index (χ3n) is 1.94. The second kappa shape index (κ2) is 3.02. The Hall–Kier alpha value is -1.24. The van der Waals surface area contributed by atoms with Gasteiger partial charge in [-0.2, -0.15) is 0 Å². The molecule has 0 atom stereocenters. The molecule has 0 aliphatic heterocycles. The molecule has 1 nitrogen and oxygen atoms in total. The first-order valence-electron chi connectivity index (χ1n) is 4.01. The predicted molar refractivity (Wildman–Crippen MR) is 54.8 cm³/mol. The van der Waals surface area contributed by atoms with Crippen LogP contribution in [0.25, 0.3) is 11.1 Å². The minimum Gasteiger partial charge on any atom is -0.350 e. The van der Waals surface area contributed by atoms with Gasteiger partial charge in [0.05, 0.1) is 5.69 Å². The topological polar surface area (TPSA) is 4.93 Å². The van der Waals surface area contributed by atoms with Crippen molar-refractivity contribution in [3.05, 3.63) is 36.7 Å². The van der Waals surface area contributed by atoms with Crippen LogP contribution in [0, 0.1) is 0 Å². The van der Waals surface area contributed by atoms with Crippen molar-refractivity contribution < 1.29 is 0 Å². The van der Waals surface area contributed by atoms with Crippen LogP contribution in [-0.2, 0) is 7.05 Å². The Kier molecular flexibility index (Phi) is 2.22. The fourth-order valence-electron chi connectivity index (χ4n) is 1.41. The summed E-state index contributed by atoms with van der Waals surface area (Å²) in [5.41, 5.74) is 4.56. The molecule has 0 bridgehead atoms. The number of aromatic nitrogens is 1. The van der Waals surface area contributed by atoms with Gasteiger partial charge in [0.25, 0.3) is 0 Å². The first-order chi connectivity index (χ1) is 5.54. The number of allylic oxidation sites excluding steroid dienone is 2. The van der Waals surface area contributed by atoms with Crippen LogP contribution in [0.1, 0.15) is 25.1 Å². The second-order valence-electron chi connectivity index (χ2n) is 3.25. The lowest BCUT2D eigenvalue weighted by molar-refractivity contribution is 0.907. The summed E-state index contributed by atoms with van der Waals surface area (Å²) in [5, 5.41) is 0. The highest BCUT2D eigenvalue weighted by Crippen LogP contribution is 2.23. The van der Waals surface area contributed by atoms with E-state index in [9.17, 15) is 0 Å². The van der Waals surface area contributed by atoms with Gasteiger partial charge in [0.15, 0.2) is 0 Å². The highest BCUT2D eigenvalue weighted by molar-refractivity contribution is 5.75. The molecule has 0 aromatic carbocycles. The summed E-state index contributed by atoms with van der Waals surface area (Å²) in [4.78, 5) is 0. The van der Waals surface area contributed by atoms with Crippen molar-refractivity contribution in [1.82, 2.24) is 4.57 Å². The molecule has 0 fully saturated rings. The highest BCUT2D eigenvalue weighted by atomic mass is 14.9. The van der Waals surface area contributed by atoms with E-state index in [1.54, 1.807) is 0 Å². The zero-order chi connectivity index (χ0) is 9.30. The van der Waals surface area contributed by atoms with Crippen molar-refractivity contribution >= 4 is 11.1 Å². The third kappa shape index (κ3) is 1.35. The molecule has 1 aromatic rings. The maximum absolute atomic E-state index is 3.94. The first kappa shape index (κ1) is 8.85. The van der Waals surface area contributed by atoms with Gasteiger partial charge in [-0.1, -0.05) is 13.2 Å². The Morgan fingerprint density at radius 2 is 1.83 bits per heavy atom. The molecule has 1 aromatic heterocycles. The first-order valence-corrected chi connectivity index (χ1v) is 4.01. The van der Waals surface area contributed by atoms with E-state index in [-0.39, 0.29) is 0 Å². The van der Waals surface area contributed by atoms with Gasteiger partial charge in [0.1, 0.15) is 0 Å². The molecule has 0 aliphatic carbocycles. The van der Waals surface area contributed by atoms with Gasteiger partial charge < -0.3 is 4.57 Å². The van der Waals surface area contributed by atoms with Crippen molar-refractivity contribution in [2.45, 2.75) is 13.8 Å². The molecule has 0 spiro atoms. The SMILES string of the molecule is C=C(C)c1ccn(C)c1C(=C)C. The summed E-state index contributed by atoms with van der Waals surface area (Å²) in [6, 6.07) is 2.08. The van der Waals surface area contributed by atoms with E-state index in [1.165, 1.54) is 11.3 Å². The van der Waals surface area contributed by atoms with Crippen LogP contribution < -0.4 is 0 Å². The Bertz CT molecular complexity index is 329. The molecule has 1 rings (SSSR count). The van der Waals surface area contributed by atoms with Crippen molar-refractivity contribution in [1.29, 1.82) is 0 Å². The second-order valence-corrected chi connectivity index (χ2v) is 3.25. The van der Waals surface area contributed by atoms with E-state index in [4.69, 9.17) is 0 Å². The molecule has 0 unspecified atom stereocenters. The molecule has 0 radical (unpaired) electrons. The maximum Gasteiger partial charge on any atom is 0.0503 e. The summed E-state index contributed by atoms with van der Waals surface area (Å²) in [6.07, 6.45) is 2.04. The Labute approximate surface area is 74.0 Å². The Morgan fingerprint density at radius 1 is 1.25 bits per heavy atom. The Balaban J connectivity index is 3.31. The molecule has 0 saturated carbocycles. The molecule has 0 N–H and O–H groups in total. The van der Waals surface area contributed by atoms with Crippen LogP contribution in [0.15, 0.2) is 25.4 Å². The number of rotatable bonds is 2. The van der Waals surface area contributed by atoms with Crippen molar-refractivity contribution in [3.8, 4) is 0 Å². The van der Waals surface area contributed by atoms with Crippen LogP contribution in [0.3, 0.4) is 0 Å². The van der Waals surface area contributed by atoms with Crippen molar-refractivity contribution in [2.75, 3.05) is 0 Å². The zero-order valence-corrected chi connectivity index (χ0v) is 8.02. The molecule has 12 heavy (non-hydrogen) atoms. The number of aryl methyl sites for hydroxylation is 1. The molecule has 0 amide bonds. The minimum atomic E-state index is 1.08. The standard InChI is InChI=1S/C11H15N/c1-8(2)10-6-7-12(5)11(10)9(3)4/h6-7H,1,3H2,2,4-5H3. The molecular formula is C11H15N. The molecule has 1 heterocycles. The van der Waals surface area contributed by atoms with Gasteiger partial charge in [0.2, 0.25) is 0 Å². The zero-order valence-electron chi connectivity index (χ0n) is 8.02. The fourth-order valence-corrected chi connectivity index (χ4v) is 1.41. The van der Waals surface area contributed by atoms with E-state index in [1.807, 2.05) is 27.1 Å².